The van der Waals surface area contributed by atoms with Crippen molar-refractivity contribution in [1.29, 1.82) is 0 Å². The van der Waals surface area contributed by atoms with E-state index in [0.717, 1.165) is 24.4 Å². The van der Waals surface area contributed by atoms with Crippen LogP contribution in [0.2, 0.25) is 23.2 Å². The fraction of sp³-hybridized carbons (Fsp3) is 0.625. The number of anilines is 1. The fourth-order valence-electron chi connectivity index (χ4n) is 2.31. The van der Waals surface area contributed by atoms with Crippen LogP contribution in [0.3, 0.4) is 0 Å². The maximum Gasteiger partial charge on any atom is 0.192 e. The molecule has 0 saturated carbocycles. The molecule has 1 atom stereocenters. The van der Waals surface area contributed by atoms with E-state index in [4.69, 9.17) is 16.0 Å². The summed E-state index contributed by atoms with van der Waals surface area (Å²) in [5.74, 6) is 0. The van der Waals surface area contributed by atoms with Gasteiger partial charge in [0.1, 0.15) is 0 Å². The minimum atomic E-state index is -1.71. The smallest absolute Gasteiger partial charge is 0.192 e. The normalized spacial score (nSPS) is 20.0. The number of halogens is 1. The Balaban J connectivity index is 2.15. The summed E-state index contributed by atoms with van der Waals surface area (Å²) in [5, 5.41) is 4.54. The molecule has 2 nitrogen and oxygen atoms in total. The van der Waals surface area contributed by atoms with Gasteiger partial charge in [-0.05, 0) is 54.7 Å². The first kappa shape index (κ1) is 15.9. The molecular formula is C16H26ClNOSi. The third-order valence-electron chi connectivity index (χ3n) is 4.56. The van der Waals surface area contributed by atoms with Crippen LogP contribution in [0.4, 0.5) is 5.69 Å². The van der Waals surface area contributed by atoms with Crippen molar-refractivity contribution in [2.45, 2.75) is 57.8 Å². The molecule has 2 rings (SSSR count). The maximum absolute atomic E-state index is 6.58. The third-order valence-corrected chi connectivity index (χ3v) is 9.33. The molecule has 0 aliphatic carbocycles. The van der Waals surface area contributed by atoms with Gasteiger partial charge in [-0.2, -0.15) is 0 Å². The lowest BCUT2D eigenvalue weighted by Crippen LogP contribution is -2.44. The molecule has 1 aliphatic heterocycles. The van der Waals surface area contributed by atoms with Crippen LogP contribution in [-0.2, 0) is 10.8 Å². The third kappa shape index (κ3) is 3.57. The lowest BCUT2D eigenvalue weighted by molar-refractivity contribution is 0.176. The van der Waals surface area contributed by atoms with E-state index in [0.29, 0.717) is 6.10 Å². The summed E-state index contributed by atoms with van der Waals surface area (Å²) in [7, 11) is -1.71. The van der Waals surface area contributed by atoms with Crippen molar-refractivity contribution in [1.82, 2.24) is 0 Å². The summed E-state index contributed by atoms with van der Waals surface area (Å²) in [6, 6.07) is 6.09. The first-order chi connectivity index (χ1) is 9.19. The minimum absolute atomic E-state index is 0.254. The van der Waals surface area contributed by atoms with Gasteiger partial charge in [0, 0.05) is 17.3 Å². The Morgan fingerprint density at radius 1 is 1.30 bits per heavy atom. The molecule has 0 saturated heterocycles. The van der Waals surface area contributed by atoms with Crippen molar-refractivity contribution in [2.75, 3.05) is 11.9 Å². The summed E-state index contributed by atoms with van der Waals surface area (Å²) in [6.45, 7) is 12.5. The van der Waals surface area contributed by atoms with Gasteiger partial charge in [-0.25, -0.2) is 0 Å². The monoisotopic (exact) mass is 311 g/mol. The number of benzene rings is 1. The molecule has 1 aromatic rings. The highest BCUT2D eigenvalue weighted by Crippen LogP contribution is 2.38. The summed E-state index contributed by atoms with van der Waals surface area (Å²) >= 11 is 6.12. The Kier molecular flexibility index (Phi) is 4.52. The Morgan fingerprint density at radius 3 is 2.65 bits per heavy atom. The Labute approximate surface area is 129 Å². The lowest BCUT2D eigenvalue weighted by Gasteiger charge is -2.39. The van der Waals surface area contributed by atoms with Crippen molar-refractivity contribution in [3.8, 4) is 0 Å². The Morgan fingerprint density at radius 2 is 2.00 bits per heavy atom. The number of hydrogen-bond donors (Lipinski definition) is 1. The summed E-state index contributed by atoms with van der Waals surface area (Å²) in [5.41, 5.74) is 2.48. The van der Waals surface area contributed by atoms with Gasteiger partial charge in [0.25, 0.3) is 0 Å². The predicted molar refractivity (Wildman–Crippen MR) is 90.3 cm³/mol. The Hall–Kier alpha value is -0.513. The standard InChI is InChI=1S/C16H26ClNOSi/c1-16(2,3)20(4,5)19-14-8-9-18-15-7-6-13(17)10-12(15)11-14/h6-7,10,14,18H,8-9,11H2,1-5H3. The molecule has 4 heteroatoms. The van der Waals surface area contributed by atoms with E-state index in [-0.39, 0.29) is 5.04 Å². The second kappa shape index (κ2) is 5.70. The zero-order valence-electron chi connectivity index (χ0n) is 13.2. The predicted octanol–water partition coefficient (Wildman–Crippen LogP) is 5.09. The topological polar surface area (TPSA) is 21.3 Å². The van der Waals surface area contributed by atoms with Gasteiger partial charge in [-0.15, -0.1) is 0 Å². The van der Waals surface area contributed by atoms with Crippen molar-refractivity contribution < 1.29 is 4.43 Å². The van der Waals surface area contributed by atoms with E-state index < -0.39 is 8.32 Å². The van der Waals surface area contributed by atoms with E-state index >= 15 is 0 Å². The zero-order valence-corrected chi connectivity index (χ0v) is 15.0. The van der Waals surface area contributed by atoms with Crippen molar-refractivity contribution in [3.63, 3.8) is 0 Å². The van der Waals surface area contributed by atoms with Gasteiger partial charge in [-0.1, -0.05) is 32.4 Å². The van der Waals surface area contributed by atoms with E-state index in [1.165, 1.54) is 11.3 Å². The van der Waals surface area contributed by atoms with Crippen LogP contribution in [0.15, 0.2) is 18.2 Å². The van der Waals surface area contributed by atoms with Gasteiger partial charge in [0.2, 0.25) is 0 Å². The first-order valence-electron chi connectivity index (χ1n) is 7.39. The molecule has 20 heavy (non-hydrogen) atoms. The van der Waals surface area contributed by atoms with Crippen LogP contribution in [-0.4, -0.2) is 21.0 Å². The van der Waals surface area contributed by atoms with Crippen LogP contribution in [0.1, 0.15) is 32.8 Å². The van der Waals surface area contributed by atoms with E-state index in [2.05, 4.69) is 51.3 Å². The zero-order chi connectivity index (χ0) is 15.0. The highest BCUT2D eigenvalue weighted by molar-refractivity contribution is 6.74. The molecule has 0 spiro atoms. The molecule has 1 aromatic carbocycles. The maximum atomic E-state index is 6.58. The van der Waals surface area contributed by atoms with Gasteiger partial charge in [0.15, 0.2) is 8.32 Å². The highest BCUT2D eigenvalue weighted by Gasteiger charge is 2.39. The lowest BCUT2D eigenvalue weighted by atomic mass is 10.1. The molecule has 1 unspecified atom stereocenters. The molecule has 0 bridgehead atoms. The number of fused-ring (bicyclic) bond motifs is 1. The van der Waals surface area contributed by atoms with Gasteiger partial charge in [-0.3, -0.25) is 0 Å². The molecular weight excluding hydrogens is 286 g/mol. The van der Waals surface area contributed by atoms with Crippen LogP contribution >= 0.6 is 11.6 Å². The summed E-state index contributed by atoms with van der Waals surface area (Å²) in [4.78, 5) is 0. The number of nitrogens with one attached hydrogen (secondary N) is 1. The average Bonchev–Trinajstić information content (AvgIpc) is 2.47. The minimum Gasteiger partial charge on any atom is -0.414 e. The van der Waals surface area contributed by atoms with Crippen LogP contribution in [0.25, 0.3) is 0 Å². The molecule has 112 valence electrons. The van der Waals surface area contributed by atoms with Gasteiger partial charge >= 0.3 is 0 Å². The largest absolute Gasteiger partial charge is 0.414 e. The molecule has 1 heterocycles. The number of rotatable bonds is 2. The van der Waals surface area contributed by atoms with Crippen LogP contribution in [0.5, 0.6) is 0 Å². The van der Waals surface area contributed by atoms with Crippen LogP contribution < -0.4 is 5.32 Å². The van der Waals surface area contributed by atoms with Crippen LogP contribution in [0, 0.1) is 0 Å². The van der Waals surface area contributed by atoms with Gasteiger partial charge < -0.3 is 9.74 Å². The Bertz CT molecular complexity index is 482. The van der Waals surface area contributed by atoms with E-state index in [1.54, 1.807) is 0 Å². The molecule has 0 fully saturated rings. The van der Waals surface area contributed by atoms with Gasteiger partial charge in [0.05, 0.1) is 6.10 Å². The second-order valence-electron chi connectivity index (χ2n) is 7.22. The highest BCUT2D eigenvalue weighted by atomic mass is 35.5. The summed E-state index contributed by atoms with van der Waals surface area (Å²) in [6.07, 6.45) is 2.30. The second-order valence-corrected chi connectivity index (χ2v) is 12.4. The quantitative estimate of drug-likeness (QED) is 0.768. The SMILES string of the molecule is CC(C)(C)[Si](C)(C)OC1CCNc2ccc(Cl)cc2C1. The van der Waals surface area contributed by atoms with Crippen molar-refractivity contribution in [3.05, 3.63) is 28.8 Å². The molecule has 1 N–H and O–H groups in total. The van der Waals surface area contributed by atoms with Crippen molar-refractivity contribution in [2.24, 2.45) is 0 Å². The molecule has 0 amide bonds. The first-order valence-corrected chi connectivity index (χ1v) is 10.7. The fourth-order valence-corrected chi connectivity index (χ4v) is 3.90. The molecule has 0 radical (unpaired) electrons. The van der Waals surface area contributed by atoms with Crippen molar-refractivity contribution >= 4 is 25.6 Å². The molecule has 0 aromatic heterocycles. The number of hydrogen-bond acceptors (Lipinski definition) is 2. The van der Waals surface area contributed by atoms with E-state index in [1.807, 2.05) is 6.07 Å². The summed E-state index contributed by atoms with van der Waals surface area (Å²) < 4.78 is 6.58. The average molecular weight is 312 g/mol. The molecule has 1 aliphatic rings. The van der Waals surface area contributed by atoms with E-state index in [9.17, 15) is 0 Å².